The van der Waals surface area contributed by atoms with Gasteiger partial charge in [-0.05, 0) is 138 Å². The number of hydrogen-bond acceptors (Lipinski definition) is 46. The molecule has 5 aliphatic carbocycles. The van der Waals surface area contributed by atoms with E-state index in [1.807, 2.05) is 20.8 Å². The number of rotatable bonds is 34. The molecule has 0 spiro atoms. The van der Waals surface area contributed by atoms with Crippen molar-refractivity contribution in [3.05, 3.63) is 60.3 Å². The highest BCUT2D eigenvalue weighted by Gasteiger charge is 2.74. The third kappa shape index (κ3) is 22.1. The molecule has 25 N–H and O–H groups in total. The van der Waals surface area contributed by atoms with Gasteiger partial charge in [0.1, 0.15) is 164 Å². The topological polar surface area (TPSA) is 723 Å². The molecule has 46 nitrogen and oxygen atoms in total. The van der Waals surface area contributed by atoms with Crippen LogP contribution in [0, 0.1) is 50.2 Å². The number of fused-ring (bicyclic) bond motifs is 7. The first-order valence-electron chi connectivity index (χ1n) is 48.6. The van der Waals surface area contributed by atoms with Crippen LogP contribution in [0.15, 0.2) is 60.3 Å². The Hall–Kier alpha value is -4.49. The monoisotopic (exact) mass is 2030 g/mol. The molecule has 8 saturated heterocycles. The highest BCUT2D eigenvalue weighted by atomic mass is 16.8. The number of allylic oxidation sites excluding steroid dienone is 4. The zero-order chi connectivity index (χ0) is 104. The van der Waals surface area contributed by atoms with Gasteiger partial charge in [0.05, 0.1) is 99.6 Å². The van der Waals surface area contributed by atoms with E-state index in [2.05, 4.69) is 33.1 Å². The van der Waals surface area contributed by atoms with Crippen molar-refractivity contribution in [2.24, 2.45) is 50.2 Å². The number of ether oxygens (including phenoxy) is 18. The molecule has 8 aliphatic heterocycles. The highest BCUT2D eigenvalue weighted by Crippen LogP contribution is 2.76. The highest BCUT2D eigenvalue weighted by molar-refractivity contribution is 5.89. The van der Waals surface area contributed by atoms with Gasteiger partial charge in [-0.25, -0.2) is 9.59 Å². The van der Waals surface area contributed by atoms with Gasteiger partial charge in [-0.2, -0.15) is 0 Å². The normalized spacial score (nSPS) is 48.2. The summed E-state index contributed by atoms with van der Waals surface area (Å²) in [7, 11) is 0. The summed E-state index contributed by atoms with van der Waals surface area (Å²) >= 11 is 0. The molecular weight excluding hydrogens is 1880 g/mol. The first-order chi connectivity index (χ1) is 66.1. The van der Waals surface area contributed by atoms with E-state index in [1.54, 1.807) is 20.8 Å². The zero-order valence-corrected chi connectivity index (χ0v) is 81.0. The lowest BCUT2D eigenvalue weighted by molar-refractivity contribution is -0.390. The fraction of sp³-hybridized carbons (Fsp3) is 0.863. The van der Waals surface area contributed by atoms with Crippen molar-refractivity contribution in [1.29, 1.82) is 0 Å². The molecular formula is C95H150O46. The fourth-order valence-electron chi connectivity index (χ4n) is 24.0. The molecule has 806 valence electrons. The lowest BCUT2D eigenvalue weighted by Gasteiger charge is -2.72. The summed E-state index contributed by atoms with van der Waals surface area (Å²) in [5.41, 5.74) is -9.17. The van der Waals surface area contributed by atoms with Crippen LogP contribution >= 0.6 is 0 Å². The molecule has 0 unspecified atom stereocenters. The Morgan fingerprint density at radius 1 is 0.454 bits per heavy atom. The minimum atomic E-state index is -2.29. The average Bonchev–Trinajstić information content (AvgIpc) is 0.863. The molecule has 13 aliphatic rings. The van der Waals surface area contributed by atoms with Gasteiger partial charge in [-0.15, -0.1) is 13.2 Å². The molecule has 0 aromatic heterocycles. The van der Waals surface area contributed by atoms with Crippen molar-refractivity contribution in [1.82, 2.24) is 0 Å². The van der Waals surface area contributed by atoms with E-state index in [4.69, 9.17) is 85.3 Å². The van der Waals surface area contributed by atoms with E-state index >= 15 is 9.59 Å². The maximum Gasteiger partial charge on any atom is 0.336 e. The lowest BCUT2D eigenvalue weighted by atomic mass is 9.33. The van der Waals surface area contributed by atoms with Gasteiger partial charge >= 0.3 is 17.9 Å². The molecule has 46 heteroatoms. The number of carbonyl (C=O) groups excluding carboxylic acids is 3. The summed E-state index contributed by atoms with van der Waals surface area (Å²) in [4.78, 5) is 45.4. The molecule has 0 aromatic rings. The number of esters is 3. The molecule has 0 radical (unpaired) electrons. The Labute approximate surface area is 815 Å². The van der Waals surface area contributed by atoms with Crippen LogP contribution in [0.25, 0.3) is 0 Å². The second kappa shape index (κ2) is 45.0. The molecule has 0 aromatic carbocycles. The molecule has 12 fully saturated rings. The Balaban J connectivity index is 0.783. The van der Waals surface area contributed by atoms with E-state index in [-0.39, 0.29) is 61.5 Å². The van der Waals surface area contributed by atoms with Crippen LogP contribution in [0.1, 0.15) is 153 Å². The van der Waals surface area contributed by atoms with Crippen LogP contribution in [-0.2, 0) is 99.6 Å². The van der Waals surface area contributed by atoms with Crippen molar-refractivity contribution in [2.45, 2.75) is 410 Å². The SMILES string of the molecule is C=C[C@@](C)(CC/C=C(\CO)C(=O)O[C@@H]1C[C@@]2(C(=O)O[C@H]3O[C@@H](CO)[C@H](O)[C@@H](O)[C@@H]3O[C@H]3O[C@@H](C)[C@H](O[C@H]4O[C@H](CO)[C@@H](O)[C@@H]4O)[C@@H](O[C@H]4O[C@@H](CO)[C@H](O)[C@@H](O)[C@@H]4O)[C@@H]3O)[C@H](CC1(C)C)C1=CC[C@H]3[C@]4(C)CC[C@@H](O[C@H]5O[C@@H](CO[C@H]6OC[C@H](O)[C@@H](O)[C@@H]6O[C@H]6OC[C@H](O)[C@@H](O)[C@@H]6O)[C@H](O)[C@@H](O)[C@@H]5O)C(C)(C)[C@H]4CC[C@]3(C)[C@]1(C)C[C@@H]2O)O[C@H]1O[C@@H](C)[C@H](O)[C@@H](OC(=O)/C(=C/CC[C@](C)(O)C=C)CO)[C@@H]1O. The third-order valence-corrected chi connectivity index (χ3v) is 33.2. The van der Waals surface area contributed by atoms with Crippen molar-refractivity contribution in [3.63, 3.8) is 0 Å². The van der Waals surface area contributed by atoms with Crippen LogP contribution in [-0.4, -0.2) is 455 Å². The van der Waals surface area contributed by atoms with Gasteiger partial charge in [-0.3, -0.25) is 4.79 Å². The first kappa shape index (κ1) is 114. The van der Waals surface area contributed by atoms with E-state index in [9.17, 15) is 132 Å². The van der Waals surface area contributed by atoms with Crippen LogP contribution < -0.4 is 0 Å². The average molecular weight is 2030 g/mol. The van der Waals surface area contributed by atoms with Gasteiger partial charge in [0, 0.05) is 11.8 Å². The Kier molecular flexibility index (Phi) is 36.2. The van der Waals surface area contributed by atoms with Crippen molar-refractivity contribution >= 4 is 17.9 Å². The molecule has 0 amide bonds. The third-order valence-electron chi connectivity index (χ3n) is 33.2. The number of aliphatic hydroxyl groups is 25. The summed E-state index contributed by atoms with van der Waals surface area (Å²) < 4.78 is 109. The smallest absolute Gasteiger partial charge is 0.336 e. The zero-order valence-electron chi connectivity index (χ0n) is 81.0. The summed E-state index contributed by atoms with van der Waals surface area (Å²) in [5, 5.41) is 279. The second-order valence-electron chi connectivity index (χ2n) is 43.0. The molecule has 13 rings (SSSR count). The standard InChI is InChI=1S/C95H150O46/c1-14-90(9,123)24-16-18-42(32-97)78(121)135-73-56(104)39(3)127-84(70(73)118)141-91(10,15-2)25-17-19-41(31-96)77(120)133-55-30-95(87(122)140-86-76(65(113)60(108)48(34-99)131-86)139-83-71(119)74(137-82-69(117)63(111)59(107)47(33-98)129-82)72(40(4)128-83)136-81-67(115)61(109)49(35-100)130-81)44(28-88(55,5)6)43-20-21-52-92(11)26-23-54(89(7,8)51(92)22-27-93(52,12)94(43,13)29-53(95)103)134-80-68(116)64(112)62(110)50(132-80)38-126-85-75(58(106)46(102)37-125-85)138-79-66(114)57(105)45(101)36-124-79/h14-15,18-20,39-40,44-76,79-86,96-119,123H,1-2,16-17,21-38H2,3-13H3/b41-19+,42-18+/t39-,40-,44+,45-,46-,47-,48-,49+,50-,51+,52-,53-,54+,55+,56-,57+,58+,59-,60-,61+,62-,63+,64+,65+,66-,67-,68-,69-,70-,71-,72-,73+,74-,75-,76-,79+,80+,81+,82+,83+,84+,85+,86+,90+,91-,92+,93-,94+,95+/m0/s1. The van der Waals surface area contributed by atoms with Gasteiger partial charge in [0.25, 0.3) is 0 Å². The van der Waals surface area contributed by atoms with E-state index in [1.165, 1.54) is 45.1 Å². The quantitative estimate of drug-likeness (QED) is 0.00937. The maximum atomic E-state index is 16.8. The first-order valence-corrected chi connectivity index (χ1v) is 48.6. The summed E-state index contributed by atoms with van der Waals surface area (Å²) in [6, 6.07) is 0. The van der Waals surface area contributed by atoms with Crippen LogP contribution in [0.3, 0.4) is 0 Å². The van der Waals surface area contributed by atoms with Crippen LogP contribution in [0.2, 0.25) is 0 Å². The van der Waals surface area contributed by atoms with Crippen LogP contribution in [0.4, 0.5) is 0 Å². The van der Waals surface area contributed by atoms with Gasteiger partial charge in [0.2, 0.25) is 6.29 Å². The minimum absolute atomic E-state index is 0.0661. The predicted octanol–water partition coefficient (Wildman–Crippen LogP) is -6.45. The van der Waals surface area contributed by atoms with Crippen molar-refractivity contribution in [2.75, 3.05) is 52.9 Å². The van der Waals surface area contributed by atoms with Crippen molar-refractivity contribution in [3.8, 4) is 0 Å². The number of hydrogen-bond donors (Lipinski definition) is 25. The van der Waals surface area contributed by atoms with Gasteiger partial charge in [-0.1, -0.05) is 84.4 Å². The maximum absolute atomic E-state index is 16.8. The summed E-state index contributed by atoms with van der Waals surface area (Å²) in [5.74, 6) is -4.90. The Bertz CT molecular complexity index is 4310. The molecule has 4 saturated carbocycles. The second-order valence-corrected chi connectivity index (χ2v) is 43.0. The Morgan fingerprint density at radius 2 is 0.943 bits per heavy atom. The Morgan fingerprint density at radius 3 is 1.54 bits per heavy atom. The van der Waals surface area contributed by atoms with E-state index in [0.717, 1.165) is 0 Å². The predicted molar refractivity (Wildman–Crippen MR) is 473 cm³/mol. The molecule has 49 atom stereocenters. The van der Waals surface area contributed by atoms with Gasteiger partial charge < -0.3 is 213 Å². The number of carbonyl (C=O) groups is 3. The van der Waals surface area contributed by atoms with Crippen molar-refractivity contribution < 1.29 is 227 Å². The largest absolute Gasteiger partial charge is 0.458 e. The number of aliphatic hydroxyl groups excluding tert-OH is 24. The van der Waals surface area contributed by atoms with E-state index in [0.29, 0.717) is 37.7 Å². The van der Waals surface area contributed by atoms with E-state index < -0.39 is 372 Å². The summed E-state index contributed by atoms with van der Waals surface area (Å²) in [6.07, 6.45) is -61.4. The molecule has 141 heavy (non-hydrogen) atoms. The lowest BCUT2D eigenvalue weighted by Crippen LogP contribution is -2.70. The molecule has 8 heterocycles. The summed E-state index contributed by atoms with van der Waals surface area (Å²) in [6.45, 7) is 21.3. The fourth-order valence-corrected chi connectivity index (χ4v) is 24.0. The van der Waals surface area contributed by atoms with Crippen LogP contribution in [0.5, 0.6) is 0 Å². The molecule has 0 bridgehead atoms. The minimum Gasteiger partial charge on any atom is -0.458 e. The van der Waals surface area contributed by atoms with Gasteiger partial charge in [0.15, 0.2) is 56.2 Å².